The Labute approximate surface area is 109 Å². The van der Waals surface area contributed by atoms with Gasteiger partial charge in [0.2, 0.25) is 5.91 Å². The maximum atomic E-state index is 11.7. The van der Waals surface area contributed by atoms with Gasteiger partial charge in [0.1, 0.15) is 5.75 Å². The number of hydrogen-bond donors (Lipinski definition) is 2. The summed E-state index contributed by atoms with van der Waals surface area (Å²) in [4.78, 5) is 22.9. The minimum Gasteiger partial charge on any atom is -0.508 e. The van der Waals surface area contributed by atoms with Crippen molar-refractivity contribution in [3.63, 3.8) is 0 Å². The van der Waals surface area contributed by atoms with E-state index in [1.165, 1.54) is 20.1 Å². The van der Waals surface area contributed by atoms with Crippen molar-refractivity contribution in [2.45, 2.75) is 6.92 Å². The first-order valence-electron chi connectivity index (χ1n) is 5.64. The summed E-state index contributed by atoms with van der Waals surface area (Å²) in [5.41, 5.74) is 0.633. The summed E-state index contributed by atoms with van der Waals surface area (Å²) >= 11 is 0. The highest BCUT2D eigenvalue weighted by molar-refractivity contribution is 6.05. The zero-order valence-electron chi connectivity index (χ0n) is 10.6. The van der Waals surface area contributed by atoms with E-state index >= 15 is 0 Å². The number of phenols is 1. The quantitative estimate of drug-likeness (QED) is 0.811. The minimum atomic E-state index is -0.529. The molecule has 5 heteroatoms. The zero-order chi connectivity index (χ0) is 14.0. The van der Waals surface area contributed by atoms with Gasteiger partial charge >= 0.3 is 5.97 Å². The van der Waals surface area contributed by atoms with Crippen LogP contribution < -0.4 is 5.32 Å². The number of carbonyl (C=O) groups excluding carboxylic acids is 2. The lowest BCUT2D eigenvalue weighted by Crippen LogP contribution is -2.12. The Bertz CT molecular complexity index is 664. The molecule has 0 unspecified atom stereocenters. The first-order valence-corrected chi connectivity index (χ1v) is 5.64. The summed E-state index contributed by atoms with van der Waals surface area (Å²) in [6, 6.07) is 8.02. The van der Waals surface area contributed by atoms with Gasteiger partial charge in [0.15, 0.2) is 0 Å². The van der Waals surface area contributed by atoms with E-state index in [2.05, 4.69) is 5.32 Å². The van der Waals surface area contributed by atoms with Gasteiger partial charge in [-0.3, -0.25) is 4.79 Å². The van der Waals surface area contributed by atoms with Crippen molar-refractivity contribution < 1.29 is 19.4 Å². The topological polar surface area (TPSA) is 75.6 Å². The number of amides is 1. The van der Waals surface area contributed by atoms with E-state index in [1.807, 2.05) is 0 Å². The van der Waals surface area contributed by atoms with Gasteiger partial charge in [-0.1, -0.05) is 6.07 Å². The Morgan fingerprint density at radius 1 is 1.16 bits per heavy atom. The fraction of sp³-hybridized carbons (Fsp3) is 0.143. The zero-order valence-corrected chi connectivity index (χ0v) is 10.6. The summed E-state index contributed by atoms with van der Waals surface area (Å²) in [6.45, 7) is 1.35. The number of ether oxygens (including phenoxy) is 1. The third kappa shape index (κ3) is 2.65. The predicted molar refractivity (Wildman–Crippen MR) is 71.3 cm³/mol. The van der Waals surface area contributed by atoms with Crippen molar-refractivity contribution >= 4 is 28.3 Å². The average Bonchev–Trinajstić information content (AvgIpc) is 2.36. The standard InChI is InChI=1S/C14H13NO4/c1-8(16)15-13-7-10-5-11(17)4-3-9(10)6-12(13)14(18)19-2/h3-7,17H,1-2H3,(H,15,16). The van der Waals surface area contributed by atoms with Gasteiger partial charge in [0.05, 0.1) is 18.4 Å². The van der Waals surface area contributed by atoms with Crippen LogP contribution in [0.25, 0.3) is 10.8 Å². The van der Waals surface area contributed by atoms with Crippen LogP contribution in [0.15, 0.2) is 30.3 Å². The molecule has 0 aliphatic heterocycles. The molecule has 0 fully saturated rings. The highest BCUT2D eigenvalue weighted by Gasteiger charge is 2.14. The monoisotopic (exact) mass is 259 g/mol. The molecule has 0 aliphatic rings. The minimum absolute atomic E-state index is 0.118. The predicted octanol–water partition coefficient (Wildman–Crippen LogP) is 2.29. The molecule has 0 aliphatic carbocycles. The summed E-state index contributed by atoms with van der Waals surface area (Å²) in [5, 5.41) is 13.5. The van der Waals surface area contributed by atoms with E-state index in [0.717, 1.165) is 10.8 Å². The molecule has 0 aromatic heterocycles. The van der Waals surface area contributed by atoms with Crippen LogP contribution in [0.1, 0.15) is 17.3 Å². The molecule has 1 amide bonds. The number of methoxy groups -OCH3 is 1. The Hall–Kier alpha value is -2.56. The largest absolute Gasteiger partial charge is 0.508 e. The average molecular weight is 259 g/mol. The molecule has 0 bridgehead atoms. The SMILES string of the molecule is COC(=O)c1cc2ccc(O)cc2cc1NC(C)=O. The van der Waals surface area contributed by atoms with E-state index in [0.29, 0.717) is 5.69 Å². The van der Waals surface area contributed by atoms with E-state index < -0.39 is 5.97 Å². The van der Waals surface area contributed by atoms with E-state index in [4.69, 9.17) is 4.74 Å². The Balaban J connectivity index is 2.66. The Morgan fingerprint density at radius 3 is 2.53 bits per heavy atom. The molecule has 5 nitrogen and oxygen atoms in total. The van der Waals surface area contributed by atoms with Gasteiger partial charge < -0.3 is 15.2 Å². The molecule has 2 rings (SSSR count). The number of aromatic hydroxyl groups is 1. The van der Waals surface area contributed by atoms with Gasteiger partial charge in [-0.05, 0) is 35.0 Å². The maximum absolute atomic E-state index is 11.7. The van der Waals surface area contributed by atoms with Gasteiger partial charge in [0, 0.05) is 6.92 Å². The fourth-order valence-corrected chi connectivity index (χ4v) is 1.86. The maximum Gasteiger partial charge on any atom is 0.339 e. The molecule has 2 aromatic carbocycles. The number of anilines is 1. The molecular weight excluding hydrogens is 246 g/mol. The highest BCUT2D eigenvalue weighted by atomic mass is 16.5. The molecule has 0 saturated carbocycles. The third-order valence-corrected chi connectivity index (χ3v) is 2.68. The molecule has 98 valence electrons. The number of nitrogens with one attached hydrogen (secondary N) is 1. The van der Waals surface area contributed by atoms with Crippen LogP contribution in [-0.4, -0.2) is 24.1 Å². The third-order valence-electron chi connectivity index (χ3n) is 2.68. The van der Waals surface area contributed by atoms with Crippen LogP contribution in [0.5, 0.6) is 5.75 Å². The van der Waals surface area contributed by atoms with Gasteiger partial charge in [-0.15, -0.1) is 0 Å². The first-order chi connectivity index (χ1) is 9.01. The van der Waals surface area contributed by atoms with E-state index in [-0.39, 0.29) is 17.2 Å². The number of benzene rings is 2. The van der Waals surface area contributed by atoms with Crippen LogP contribution in [0.4, 0.5) is 5.69 Å². The van der Waals surface area contributed by atoms with E-state index in [9.17, 15) is 14.7 Å². The van der Waals surface area contributed by atoms with Crippen molar-refractivity contribution in [1.29, 1.82) is 0 Å². The van der Waals surface area contributed by atoms with Crippen LogP contribution >= 0.6 is 0 Å². The molecule has 0 atom stereocenters. The number of rotatable bonds is 2. The molecule has 0 radical (unpaired) electrons. The molecule has 2 N–H and O–H groups in total. The van der Waals surface area contributed by atoms with Crippen LogP contribution in [0.2, 0.25) is 0 Å². The van der Waals surface area contributed by atoms with Crippen molar-refractivity contribution in [2.75, 3.05) is 12.4 Å². The smallest absolute Gasteiger partial charge is 0.339 e. The van der Waals surface area contributed by atoms with Crippen LogP contribution in [-0.2, 0) is 9.53 Å². The summed E-state index contributed by atoms with van der Waals surface area (Å²) in [6.07, 6.45) is 0. The molecular formula is C14H13NO4. The number of fused-ring (bicyclic) bond motifs is 1. The second kappa shape index (κ2) is 4.97. The summed E-state index contributed by atoms with van der Waals surface area (Å²) in [5.74, 6) is -0.699. The second-order valence-corrected chi connectivity index (χ2v) is 4.10. The van der Waals surface area contributed by atoms with Crippen molar-refractivity contribution in [1.82, 2.24) is 0 Å². The number of hydrogen-bond acceptors (Lipinski definition) is 4. The summed E-state index contributed by atoms with van der Waals surface area (Å²) in [7, 11) is 1.28. The highest BCUT2D eigenvalue weighted by Crippen LogP contribution is 2.27. The van der Waals surface area contributed by atoms with E-state index in [1.54, 1.807) is 24.3 Å². The van der Waals surface area contributed by atoms with Crippen LogP contribution in [0, 0.1) is 0 Å². The van der Waals surface area contributed by atoms with Gasteiger partial charge in [0.25, 0.3) is 0 Å². The van der Waals surface area contributed by atoms with Crippen LogP contribution in [0.3, 0.4) is 0 Å². The Kier molecular flexibility index (Phi) is 3.37. The molecule has 0 saturated heterocycles. The molecule has 0 heterocycles. The first kappa shape index (κ1) is 12.9. The fourth-order valence-electron chi connectivity index (χ4n) is 1.86. The second-order valence-electron chi connectivity index (χ2n) is 4.10. The summed E-state index contributed by atoms with van der Waals surface area (Å²) < 4.78 is 4.69. The number of phenolic OH excluding ortho intramolecular Hbond substituents is 1. The molecule has 19 heavy (non-hydrogen) atoms. The molecule has 0 spiro atoms. The lowest BCUT2D eigenvalue weighted by Gasteiger charge is -2.10. The Morgan fingerprint density at radius 2 is 1.89 bits per heavy atom. The number of esters is 1. The van der Waals surface area contributed by atoms with Gasteiger partial charge in [-0.2, -0.15) is 0 Å². The molecule has 2 aromatic rings. The number of carbonyl (C=O) groups is 2. The van der Waals surface area contributed by atoms with Crippen molar-refractivity contribution in [3.8, 4) is 5.75 Å². The lowest BCUT2D eigenvalue weighted by molar-refractivity contribution is -0.114. The van der Waals surface area contributed by atoms with Crippen molar-refractivity contribution in [2.24, 2.45) is 0 Å². The van der Waals surface area contributed by atoms with Crippen molar-refractivity contribution in [3.05, 3.63) is 35.9 Å². The van der Waals surface area contributed by atoms with Gasteiger partial charge in [-0.25, -0.2) is 4.79 Å². The normalized spacial score (nSPS) is 10.2. The lowest BCUT2D eigenvalue weighted by atomic mass is 10.0.